The topological polar surface area (TPSA) is 58.4 Å². The molecular weight excluding hydrogens is 142 g/mol. The summed E-state index contributed by atoms with van der Waals surface area (Å²) in [6.07, 6.45) is 2.56. The molecule has 0 aromatic carbocycles. The minimum atomic E-state index is 0.182. The van der Waals surface area contributed by atoms with E-state index in [9.17, 15) is 4.79 Å². The Bertz CT molecular complexity index is 183. The number of fused-ring (bicyclic) bond motifs is 1. The van der Waals surface area contributed by atoms with Gasteiger partial charge in [-0.1, -0.05) is 0 Å². The summed E-state index contributed by atoms with van der Waals surface area (Å²) in [6.45, 7) is 0.912. The van der Waals surface area contributed by atoms with Gasteiger partial charge in [0.1, 0.15) is 0 Å². The third-order valence-corrected chi connectivity index (χ3v) is 2.60. The van der Waals surface area contributed by atoms with E-state index in [2.05, 4.69) is 5.32 Å². The maximum atomic E-state index is 10.9. The van der Waals surface area contributed by atoms with E-state index in [4.69, 9.17) is 5.84 Å². The number of carbonyl (C=O) groups is 1. The number of piperidine rings is 1. The second-order valence-electron chi connectivity index (χ2n) is 3.31. The zero-order chi connectivity index (χ0) is 7.84. The fraction of sp³-hybridized carbons (Fsp3) is 0.857. The monoisotopic (exact) mass is 155 g/mol. The molecule has 0 radical (unpaired) electrons. The average Bonchev–Trinajstić information content (AvgIpc) is 2.32. The van der Waals surface area contributed by atoms with E-state index in [1.54, 1.807) is 0 Å². The van der Waals surface area contributed by atoms with Crippen LogP contribution in [0.1, 0.15) is 19.3 Å². The molecule has 2 aliphatic rings. The number of hydrogen-bond acceptors (Lipinski definition) is 3. The fourth-order valence-electron chi connectivity index (χ4n) is 1.97. The van der Waals surface area contributed by atoms with Crippen LogP contribution in [0.4, 0.5) is 0 Å². The fourth-order valence-corrected chi connectivity index (χ4v) is 1.97. The van der Waals surface area contributed by atoms with Crippen molar-refractivity contribution >= 4 is 5.91 Å². The molecule has 0 aromatic rings. The van der Waals surface area contributed by atoms with Gasteiger partial charge in [0.05, 0.1) is 0 Å². The van der Waals surface area contributed by atoms with E-state index >= 15 is 0 Å². The van der Waals surface area contributed by atoms with E-state index in [0.717, 1.165) is 19.4 Å². The molecular formula is C7H13N3O. The standard InChI is InChI=1S/C7H13N3O/c8-10-4-3-5-6(10)1-2-7(11)9-5/h5-6H,1-4,8H2,(H,9,11). The van der Waals surface area contributed by atoms with Crippen LogP contribution < -0.4 is 11.2 Å². The molecule has 2 unspecified atom stereocenters. The van der Waals surface area contributed by atoms with Gasteiger partial charge in [-0.25, -0.2) is 5.01 Å². The molecule has 1 amide bonds. The summed E-state index contributed by atoms with van der Waals surface area (Å²) in [5, 5.41) is 4.80. The normalized spacial score (nSPS) is 38.5. The van der Waals surface area contributed by atoms with Crippen molar-refractivity contribution in [3.63, 3.8) is 0 Å². The van der Waals surface area contributed by atoms with Gasteiger partial charge in [0.2, 0.25) is 5.91 Å². The molecule has 11 heavy (non-hydrogen) atoms. The van der Waals surface area contributed by atoms with Gasteiger partial charge in [0.25, 0.3) is 0 Å². The van der Waals surface area contributed by atoms with Crippen LogP contribution in [0.5, 0.6) is 0 Å². The lowest BCUT2D eigenvalue weighted by Gasteiger charge is -2.29. The van der Waals surface area contributed by atoms with Crippen LogP contribution >= 0.6 is 0 Å². The molecule has 4 nitrogen and oxygen atoms in total. The molecule has 2 fully saturated rings. The first-order valence-corrected chi connectivity index (χ1v) is 4.08. The Balaban J connectivity index is 2.05. The molecule has 0 aromatic heterocycles. The highest BCUT2D eigenvalue weighted by molar-refractivity contribution is 5.77. The van der Waals surface area contributed by atoms with Crippen molar-refractivity contribution in [2.45, 2.75) is 31.3 Å². The quantitative estimate of drug-likeness (QED) is 0.451. The number of carbonyl (C=O) groups excluding carboxylic acids is 1. The first kappa shape index (κ1) is 7.06. The minimum Gasteiger partial charge on any atom is -0.352 e. The number of nitrogens with zero attached hydrogens (tertiary/aromatic N) is 1. The Labute approximate surface area is 65.7 Å². The van der Waals surface area contributed by atoms with Gasteiger partial charge in [0.15, 0.2) is 0 Å². The van der Waals surface area contributed by atoms with Gasteiger partial charge in [-0.15, -0.1) is 0 Å². The van der Waals surface area contributed by atoms with Crippen molar-refractivity contribution in [1.29, 1.82) is 0 Å². The highest BCUT2D eigenvalue weighted by atomic mass is 16.1. The second kappa shape index (κ2) is 2.46. The number of nitrogens with one attached hydrogen (secondary N) is 1. The molecule has 2 heterocycles. The van der Waals surface area contributed by atoms with Gasteiger partial charge in [-0.3, -0.25) is 10.6 Å². The highest BCUT2D eigenvalue weighted by Crippen LogP contribution is 2.22. The largest absolute Gasteiger partial charge is 0.352 e. The number of amides is 1. The summed E-state index contributed by atoms with van der Waals surface area (Å²) >= 11 is 0. The van der Waals surface area contributed by atoms with Crippen LogP contribution in [-0.4, -0.2) is 29.5 Å². The molecule has 0 saturated carbocycles. The van der Waals surface area contributed by atoms with E-state index < -0.39 is 0 Å². The van der Waals surface area contributed by atoms with E-state index in [1.165, 1.54) is 0 Å². The highest BCUT2D eigenvalue weighted by Gasteiger charge is 2.36. The van der Waals surface area contributed by atoms with Crippen molar-refractivity contribution < 1.29 is 4.79 Å². The minimum absolute atomic E-state index is 0.182. The van der Waals surface area contributed by atoms with Gasteiger partial charge in [0, 0.05) is 25.0 Å². The van der Waals surface area contributed by atoms with Crippen molar-refractivity contribution in [3.05, 3.63) is 0 Å². The SMILES string of the molecule is NN1CCC2NC(=O)CCC21. The summed E-state index contributed by atoms with van der Waals surface area (Å²) in [6, 6.07) is 0.717. The van der Waals surface area contributed by atoms with Crippen LogP contribution in [0.15, 0.2) is 0 Å². The van der Waals surface area contributed by atoms with Crippen LogP contribution in [-0.2, 0) is 4.79 Å². The first-order valence-electron chi connectivity index (χ1n) is 4.08. The molecule has 2 rings (SSSR count). The number of hydrazine groups is 1. The molecule has 0 bridgehead atoms. The Morgan fingerprint density at radius 1 is 1.55 bits per heavy atom. The first-order chi connectivity index (χ1) is 5.27. The Hall–Kier alpha value is -0.610. The van der Waals surface area contributed by atoms with Gasteiger partial charge >= 0.3 is 0 Å². The Morgan fingerprint density at radius 3 is 3.18 bits per heavy atom. The smallest absolute Gasteiger partial charge is 0.220 e. The molecule has 2 saturated heterocycles. The summed E-state index contributed by atoms with van der Waals surface area (Å²) in [5.41, 5.74) is 0. The second-order valence-corrected chi connectivity index (χ2v) is 3.31. The summed E-state index contributed by atoms with van der Waals surface area (Å²) < 4.78 is 0. The lowest BCUT2D eigenvalue weighted by Crippen LogP contribution is -2.51. The lowest BCUT2D eigenvalue weighted by molar-refractivity contribution is -0.123. The van der Waals surface area contributed by atoms with Crippen LogP contribution in [0.25, 0.3) is 0 Å². The maximum Gasteiger partial charge on any atom is 0.220 e. The Kier molecular flexibility index (Phi) is 1.58. The molecule has 0 spiro atoms. The van der Waals surface area contributed by atoms with Crippen LogP contribution in [0, 0.1) is 0 Å². The van der Waals surface area contributed by atoms with Crippen molar-refractivity contribution in [1.82, 2.24) is 10.3 Å². The molecule has 4 heteroatoms. The summed E-state index contributed by atoms with van der Waals surface area (Å²) in [7, 11) is 0. The molecule has 0 aliphatic carbocycles. The predicted molar refractivity (Wildman–Crippen MR) is 40.5 cm³/mol. The Morgan fingerprint density at radius 2 is 2.36 bits per heavy atom. The zero-order valence-corrected chi connectivity index (χ0v) is 6.42. The average molecular weight is 155 g/mol. The number of nitrogens with two attached hydrogens (primary N) is 1. The third-order valence-electron chi connectivity index (χ3n) is 2.60. The third kappa shape index (κ3) is 1.12. The van der Waals surface area contributed by atoms with E-state index in [-0.39, 0.29) is 5.91 Å². The summed E-state index contributed by atoms with van der Waals surface area (Å²) in [5.74, 6) is 5.90. The van der Waals surface area contributed by atoms with Gasteiger partial charge < -0.3 is 5.32 Å². The maximum absolute atomic E-state index is 10.9. The number of hydrogen-bond donors (Lipinski definition) is 2. The van der Waals surface area contributed by atoms with Gasteiger partial charge in [-0.05, 0) is 12.8 Å². The van der Waals surface area contributed by atoms with Crippen LogP contribution in [0.3, 0.4) is 0 Å². The lowest BCUT2D eigenvalue weighted by atomic mass is 10.00. The van der Waals surface area contributed by atoms with Crippen molar-refractivity contribution in [2.24, 2.45) is 5.84 Å². The molecule has 2 atom stereocenters. The molecule has 62 valence electrons. The summed E-state index contributed by atoms with van der Waals surface area (Å²) in [4.78, 5) is 10.9. The predicted octanol–water partition coefficient (Wildman–Crippen LogP) is -0.787. The van der Waals surface area contributed by atoms with Crippen LogP contribution in [0.2, 0.25) is 0 Å². The molecule has 3 N–H and O–H groups in total. The van der Waals surface area contributed by atoms with Gasteiger partial charge in [-0.2, -0.15) is 0 Å². The van der Waals surface area contributed by atoms with Crippen molar-refractivity contribution in [3.8, 4) is 0 Å². The molecule has 2 aliphatic heterocycles. The van der Waals surface area contributed by atoms with E-state index in [1.807, 2.05) is 5.01 Å². The van der Waals surface area contributed by atoms with E-state index in [0.29, 0.717) is 18.5 Å². The zero-order valence-electron chi connectivity index (χ0n) is 6.42. The number of rotatable bonds is 0. The van der Waals surface area contributed by atoms with Crippen molar-refractivity contribution in [2.75, 3.05) is 6.54 Å².